The number of nitriles is 1. The summed E-state index contributed by atoms with van der Waals surface area (Å²) in [6.07, 6.45) is 2.17. The first kappa shape index (κ1) is 15.9. The zero-order valence-electron chi connectivity index (χ0n) is 12.0. The van der Waals surface area contributed by atoms with Gasteiger partial charge in [0.05, 0.1) is 12.7 Å². The van der Waals surface area contributed by atoms with Crippen molar-refractivity contribution in [1.29, 1.82) is 5.26 Å². The Morgan fingerprint density at radius 1 is 1.40 bits per heavy atom. The van der Waals surface area contributed by atoms with Crippen molar-refractivity contribution in [1.82, 2.24) is 0 Å². The van der Waals surface area contributed by atoms with Crippen molar-refractivity contribution >= 4 is 12.2 Å². The van der Waals surface area contributed by atoms with Crippen LogP contribution in [0.25, 0.3) is 0 Å². The van der Waals surface area contributed by atoms with E-state index >= 15 is 0 Å². The molecule has 0 aliphatic carbocycles. The summed E-state index contributed by atoms with van der Waals surface area (Å²) in [5.41, 5.74) is 1.18. The van der Waals surface area contributed by atoms with Gasteiger partial charge in [0, 0.05) is 12.8 Å². The molecule has 4 heteroatoms. The van der Waals surface area contributed by atoms with E-state index in [1.807, 2.05) is 50.2 Å². The van der Waals surface area contributed by atoms with Gasteiger partial charge in [0.25, 0.3) is 0 Å². The number of rotatable bonds is 7. The SMILES string of the molecule is CC(C)COC(=O)C(C#N)C=NCCc1ccccc1. The van der Waals surface area contributed by atoms with E-state index in [0.29, 0.717) is 13.2 Å². The van der Waals surface area contributed by atoms with Crippen molar-refractivity contribution < 1.29 is 9.53 Å². The van der Waals surface area contributed by atoms with Crippen LogP contribution >= 0.6 is 0 Å². The Hall–Kier alpha value is -2.15. The van der Waals surface area contributed by atoms with Gasteiger partial charge in [-0.2, -0.15) is 5.26 Å². The molecule has 106 valence electrons. The minimum absolute atomic E-state index is 0.258. The molecule has 0 aromatic heterocycles. The van der Waals surface area contributed by atoms with E-state index in [2.05, 4.69) is 4.99 Å². The molecule has 1 aromatic carbocycles. The maximum Gasteiger partial charge on any atom is 0.328 e. The molecule has 0 heterocycles. The summed E-state index contributed by atoms with van der Waals surface area (Å²) in [5, 5.41) is 8.94. The van der Waals surface area contributed by atoms with Crippen molar-refractivity contribution in [3.63, 3.8) is 0 Å². The molecule has 0 fully saturated rings. The first-order valence-electron chi connectivity index (χ1n) is 6.73. The molecular formula is C16H20N2O2. The molecule has 1 aromatic rings. The van der Waals surface area contributed by atoms with Crippen LogP contribution in [0.2, 0.25) is 0 Å². The van der Waals surface area contributed by atoms with Gasteiger partial charge in [-0.05, 0) is 17.9 Å². The average Bonchev–Trinajstić information content (AvgIpc) is 2.46. The maximum absolute atomic E-state index is 11.6. The summed E-state index contributed by atoms with van der Waals surface area (Å²) in [6.45, 7) is 4.78. The van der Waals surface area contributed by atoms with Crippen LogP contribution in [0.3, 0.4) is 0 Å². The molecule has 1 rings (SSSR count). The van der Waals surface area contributed by atoms with Gasteiger partial charge in [-0.3, -0.25) is 9.79 Å². The number of carbonyl (C=O) groups excluding carboxylic acids is 1. The summed E-state index contributed by atoms with van der Waals surface area (Å²) in [4.78, 5) is 15.7. The molecule has 1 unspecified atom stereocenters. The fourth-order valence-corrected chi connectivity index (χ4v) is 1.50. The summed E-state index contributed by atoms with van der Waals surface area (Å²) >= 11 is 0. The Morgan fingerprint density at radius 2 is 2.10 bits per heavy atom. The van der Waals surface area contributed by atoms with E-state index in [9.17, 15) is 4.79 Å². The highest BCUT2D eigenvalue weighted by molar-refractivity contribution is 5.92. The third-order valence-electron chi connectivity index (χ3n) is 2.58. The van der Waals surface area contributed by atoms with Gasteiger partial charge in [0.2, 0.25) is 0 Å². The van der Waals surface area contributed by atoms with Gasteiger partial charge in [-0.25, -0.2) is 0 Å². The van der Waals surface area contributed by atoms with Crippen LogP contribution in [0, 0.1) is 23.2 Å². The fourth-order valence-electron chi connectivity index (χ4n) is 1.50. The van der Waals surface area contributed by atoms with Gasteiger partial charge >= 0.3 is 5.97 Å². The van der Waals surface area contributed by atoms with Gasteiger partial charge < -0.3 is 4.74 Å². The number of benzene rings is 1. The predicted molar refractivity (Wildman–Crippen MR) is 78.4 cm³/mol. The molecule has 0 amide bonds. The van der Waals surface area contributed by atoms with E-state index < -0.39 is 11.9 Å². The highest BCUT2D eigenvalue weighted by Crippen LogP contribution is 2.01. The Kier molecular flexibility index (Phi) is 7.05. The number of ether oxygens (including phenoxy) is 1. The molecule has 0 N–H and O–H groups in total. The van der Waals surface area contributed by atoms with Crippen molar-refractivity contribution in [2.45, 2.75) is 20.3 Å². The van der Waals surface area contributed by atoms with Crippen molar-refractivity contribution in [2.75, 3.05) is 13.2 Å². The fraction of sp³-hybridized carbons (Fsp3) is 0.438. The lowest BCUT2D eigenvalue weighted by atomic mass is 10.1. The van der Waals surface area contributed by atoms with E-state index in [1.165, 1.54) is 11.8 Å². The molecule has 0 radical (unpaired) electrons. The quantitative estimate of drug-likeness (QED) is 0.566. The largest absolute Gasteiger partial charge is 0.464 e. The second-order valence-corrected chi connectivity index (χ2v) is 4.92. The lowest BCUT2D eigenvalue weighted by Gasteiger charge is -2.08. The van der Waals surface area contributed by atoms with Crippen LogP contribution < -0.4 is 0 Å². The number of nitrogens with zero attached hydrogens (tertiary/aromatic N) is 2. The zero-order chi connectivity index (χ0) is 14.8. The lowest BCUT2D eigenvalue weighted by molar-refractivity contribution is -0.145. The first-order valence-corrected chi connectivity index (χ1v) is 6.73. The smallest absolute Gasteiger partial charge is 0.328 e. The van der Waals surface area contributed by atoms with Gasteiger partial charge in [-0.1, -0.05) is 44.2 Å². The third kappa shape index (κ3) is 6.14. The summed E-state index contributed by atoms with van der Waals surface area (Å²) < 4.78 is 5.02. The normalized spacial score (nSPS) is 12.3. The highest BCUT2D eigenvalue weighted by Gasteiger charge is 2.17. The zero-order valence-corrected chi connectivity index (χ0v) is 12.0. The summed E-state index contributed by atoms with van der Waals surface area (Å²) in [6, 6.07) is 11.9. The molecule has 0 aliphatic heterocycles. The topological polar surface area (TPSA) is 62.5 Å². The molecule has 0 aliphatic rings. The van der Waals surface area contributed by atoms with Crippen LogP contribution in [-0.2, 0) is 16.0 Å². The Balaban J connectivity index is 2.38. The minimum Gasteiger partial charge on any atom is -0.464 e. The van der Waals surface area contributed by atoms with Crippen molar-refractivity contribution in [3.8, 4) is 6.07 Å². The standard InChI is InChI=1S/C16H20N2O2/c1-13(2)12-20-16(19)15(10-17)11-18-9-8-14-6-4-3-5-7-14/h3-7,11,13,15H,8-9,12H2,1-2H3. The summed E-state index contributed by atoms with van der Waals surface area (Å²) in [7, 11) is 0. The molecule has 0 spiro atoms. The maximum atomic E-state index is 11.6. The first-order chi connectivity index (χ1) is 9.63. The monoisotopic (exact) mass is 272 g/mol. The van der Waals surface area contributed by atoms with E-state index in [4.69, 9.17) is 10.00 Å². The van der Waals surface area contributed by atoms with E-state index in [0.717, 1.165) is 6.42 Å². The molecule has 1 atom stereocenters. The van der Waals surface area contributed by atoms with Crippen LogP contribution in [0.1, 0.15) is 19.4 Å². The number of hydrogen-bond donors (Lipinski definition) is 0. The number of aliphatic imine (C=N–C) groups is 1. The van der Waals surface area contributed by atoms with E-state index in [1.54, 1.807) is 0 Å². The van der Waals surface area contributed by atoms with Crippen LogP contribution in [0.5, 0.6) is 0 Å². The molecule has 0 saturated heterocycles. The minimum atomic E-state index is -0.912. The third-order valence-corrected chi connectivity index (χ3v) is 2.58. The lowest BCUT2D eigenvalue weighted by Crippen LogP contribution is -2.20. The highest BCUT2D eigenvalue weighted by atomic mass is 16.5. The average molecular weight is 272 g/mol. The van der Waals surface area contributed by atoms with Gasteiger partial charge in [-0.15, -0.1) is 0 Å². The molecular weight excluding hydrogens is 252 g/mol. The van der Waals surface area contributed by atoms with E-state index in [-0.39, 0.29) is 5.92 Å². The van der Waals surface area contributed by atoms with Crippen LogP contribution in [-0.4, -0.2) is 25.3 Å². The summed E-state index contributed by atoms with van der Waals surface area (Å²) in [5.74, 6) is -1.18. The van der Waals surface area contributed by atoms with Crippen LogP contribution in [0.15, 0.2) is 35.3 Å². The number of esters is 1. The second-order valence-electron chi connectivity index (χ2n) is 4.92. The Labute approximate surface area is 120 Å². The second kappa shape index (κ2) is 8.87. The predicted octanol–water partition coefficient (Wildman–Crippen LogP) is 2.64. The van der Waals surface area contributed by atoms with Crippen molar-refractivity contribution in [2.24, 2.45) is 16.8 Å². The molecule has 0 saturated carbocycles. The Bertz CT molecular complexity index is 475. The Morgan fingerprint density at radius 3 is 2.70 bits per heavy atom. The van der Waals surface area contributed by atoms with Gasteiger partial charge in [0.1, 0.15) is 0 Å². The molecule has 20 heavy (non-hydrogen) atoms. The molecule has 0 bridgehead atoms. The van der Waals surface area contributed by atoms with Gasteiger partial charge in [0.15, 0.2) is 5.92 Å². The van der Waals surface area contributed by atoms with Crippen LogP contribution in [0.4, 0.5) is 0 Å². The number of carbonyl (C=O) groups is 1. The van der Waals surface area contributed by atoms with Crippen molar-refractivity contribution in [3.05, 3.63) is 35.9 Å². The number of hydrogen-bond acceptors (Lipinski definition) is 4. The molecule has 4 nitrogen and oxygen atoms in total.